The molecule has 3 aromatic rings. The van der Waals surface area contributed by atoms with E-state index in [1.807, 2.05) is 6.07 Å². The van der Waals surface area contributed by atoms with Crippen LogP contribution in [0.15, 0.2) is 34.9 Å². The largest absolute Gasteiger partial charge is 0.399 e. The lowest BCUT2D eigenvalue weighted by Crippen LogP contribution is -2.11. The summed E-state index contributed by atoms with van der Waals surface area (Å²) in [6, 6.07) is 8.81. The summed E-state index contributed by atoms with van der Waals surface area (Å²) < 4.78 is 4.93. The van der Waals surface area contributed by atoms with Gasteiger partial charge in [-0.1, -0.05) is 5.16 Å². The smallest absolute Gasteiger partial charge is 0.274 e. The van der Waals surface area contributed by atoms with Crippen LogP contribution in [0.3, 0.4) is 0 Å². The molecule has 0 saturated carbocycles. The van der Waals surface area contributed by atoms with Crippen LogP contribution < -0.4 is 11.1 Å². The highest BCUT2D eigenvalue weighted by Crippen LogP contribution is 2.19. The second-order valence-corrected chi connectivity index (χ2v) is 4.32. The van der Waals surface area contributed by atoms with Crippen molar-refractivity contribution in [2.24, 2.45) is 0 Å². The number of nitrogens with one attached hydrogen (secondary N) is 2. The maximum Gasteiger partial charge on any atom is 0.274 e. The van der Waals surface area contributed by atoms with Gasteiger partial charge in [0.15, 0.2) is 0 Å². The second-order valence-electron chi connectivity index (χ2n) is 4.32. The Kier molecular flexibility index (Phi) is 2.49. The Morgan fingerprint density at radius 2 is 2.21 bits per heavy atom. The number of anilines is 2. The number of aryl methyl sites for hydroxylation is 1. The summed E-state index contributed by atoms with van der Waals surface area (Å²) in [6.07, 6.45) is 0. The van der Waals surface area contributed by atoms with Gasteiger partial charge in [-0.05, 0) is 31.2 Å². The Morgan fingerprint density at radius 3 is 2.95 bits per heavy atom. The van der Waals surface area contributed by atoms with Gasteiger partial charge in [-0.25, -0.2) is 0 Å². The number of nitrogens with zero attached hydrogens (tertiary/aromatic N) is 1. The Labute approximate surface area is 108 Å². The third-order valence-electron chi connectivity index (χ3n) is 2.75. The Hall–Kier alpha value is -2.76. The predicted octanol–water partition coefficient (Wildman–Crippen LogP) is 2.30. The van der Waals surface area contributed by atoms with Crippen LogP contribution in [0.1, 0.15) is 16.2 Å². The molecule has 0 bridgehead atoms. The van der Waals surface area contributed by atoms with Gasteiger partial charge in [-0.15, -0.1) is 0 Å². The van der Waals surface area contributed by atoms with Crippen LogP contribution in [-0.2, 0) is 0 Å². The molecule has 0 atom stereocenters. The Bertz CT molecular complexity index is 757. The van der Waals surface area contributed by atoms with Gasteiger partial charge >= 0.3 is 0 Å². The van der Waals surface area contributed by atoms with E-state index in [-0.39, 0.29) is 5.91 Å². The maximum absolute atomic E-state index is 12.0. The van der Waals surface area contributed by atoms with E-state index >= 15 is 0 Å². The number of fused-ring (bicyclic) bond motifs is 1. The molecular formula is C13H12N4O2. The lowest BCUT2D eigenvalue weighted by atomic mass is 10.2. The molecule has 2 heterocycles. The molecule has 6 heteroatoms. The van der Waals surface area contributed by atoms with Crippen molar-refractivity contribution in [2.75, 3.05) is 11.1 Å². The van der Waals surface area contributed by atoms with Crippen LogP contribution >= 0.6 is 0 Å². The standard InChI is InChI=1S/C13H12N4O2/c1-7-4-12(19-17-7)16-13(18)11-6-8-5-9(14)2-3-10(8)15-11/h2-6,15H,14H2,1H3,(H,16,18). The first-order chi connectivity index (χ1) is 9.11. The second kappa shape index (κ2) is 4.16. The molecule has 3 rings (SSSR count). The molecular weight excluding hydrogens is 244 g/mol. The van der Waals surface area contributed by atoms with Gasteiger partial charge in [-0.2, -0.15) is 0 Å². The maximum atomic E-state index is 12.0. The van der Waals surface area contributed by atoms with Crippen molar-refractivity contribution in [1.82, 2.24) is 10.1 Å². The summed E-state index contributed by atoms with van der Waals surface area (Å²) in [5.41, 5.74) is 8.36. The average Bonchev–Trinajstić information content (AvgIpc) is 2.95. The zero-order chi connectivity index (χ0) is 13.4. The van der Waals surface area contributed by atoms with E-state index in [1.165, 1.54) is 0 Å². The molecule has 0 unspecified atom stereocenters. The number of hydrogen-bond acceptors (Lipinski definition) is 4. The predicted molar refractivity (Wildman–Crippen MR) is 71.9 cm³/mol. The normalized spacial score (nSPS) is 10.8. The zero-order valence-corrected chi connectivity index (χ0v) is 10.2. The van der Waals surface area contributed by atoms with E-state index in [0.717, 1.165) is 10.9 Å². The number of H-pyrrole nitrogens is 1. The van der Waals surface area contributed by atoms with Crippen molar-refractivity contribution in [3.05, 3.63) is 41.7 Å². The fourth-order valence-corrected chi connectivity index (χ4v) is 1.88. The molecule has 0 aliphatic carbocycles. The first kappa shape index (κ1) is 11.3. The third-order valence-corrected chi connectivity index (χ3v) is 2.75. The summed E-state index contributed by atoms with van der Waals surface area (Å²) in [6.45, 7) is 1.78. The van der Waals surface area contributed by atoms with Gasteiger partial charge in [0.2, 0.25) is 5.88 Å². The minimum Gasteiger partial charge on any atom is -0.399 e. The summed E-state index contributed by atoms with van der Waals surface area (Å²) in [5.74, 6) is 0.0339. The summed E-state index contributed by atoms with van der Waals surface area (Å²) in [5, 5.41) is 7.21. The van der Waals surface area contributed by atoms with Gasteiger partial charge in [0, 0.05) is 22.7 Å². The van der Waals surface area contributed by atoms with Crippen LogP contribution in [0.4, 0.5) is 11.6 Å². The molecule has 0 spiro atoms. The highest BCUT2D eigenvalue weighted by Gasteiger charge is 2.12. The van der Waals surface area contributed by atoms with Crippen LogP contribution in [0.25, 0.3) is 10.9 Å². The van der Waals surface area contributed by atoms with Crippen molar-refractivity contribution in [1.29, 1.82) is 0 Å². The molecule has 2 aromatic heterocycles. The van der Waals surface area contributed by atoms with Crippen LogP contribution in [0.5, 0.6) is 0 Å². The van der Waals surface area contributed by atoms with Crippen LogP contribution in [0.2, 0.25) is 0 Å². The lowest BCUT2D eigenvalue weighted by molar-refractivity contribution is 0.102. The molecule has 6 nitrogen and oxygen atoms in total. The fraction of sp³-hybridized carbons (Fsp3) is 0.0769. The molecule has 0 aliphatic rings. The molecule has 0 aliphatic heterocycles. The first-order valence-electron chi connectivity index (χ1n) is 5.75. The Balaban J connectivity index is 1.89. The van der Waals surface area contributed by atoms with Gasteiger partial charge in [0.1, 0.15) is 5.69 Å². The summed E-state index contributed by atoms with van der Waals surface area (Å²) >= 11 is 0. The molecule has 0 fully saturated rings. The highest BCUT2D eigenvalue weighted by molar-refractivity contribution is 6.05. The summed E-state index contributed by atoms with van der Waals surface area (Å²) in [7, 11) is 0. The van der Waals surface area contributed by atoms with Crippen molar-refractivity contribution in [3.8, 4) is 0 Å². The number of nitrogens with two attached hydrogens (primary N) is 1. The molecule has 0 radical (unpaired) electrons. The molecule has 1 amide bonds. The van der Waals surface area contributed by atoms with Crippen molar-refractivity contribution < 1.29 is 9.32 Å². The molecule has 96 valence electrons. The lowest BCUT2D eigenvalue weighted by Gasteiger charge is -1.96. The average molecular weight is 256 g/mol. The van der Waals surface area contributed by atoms with E-state index in [9.17, 15) is 4.79 Å². The molecule has 1 aromatic carbocycles. The van der Waals surface area contributed by atoms with Gasteiger partial charge in [0.25, 0.3) is 5.91 Å². The van der Waals surface area contributed by atoms with Crippen molar-refractivity contribution in [3.63, 3.8) is 0 Å². The van der Waals surface area contributed by atoms with Gasteiger partial charge < -0.3 is 15.2 Å². The molecule has 4 N–H and O–H groups in total. The Morgan fingerprint density at radius 1 is 1.37 bits per heavy atom. The van der Waals surface area contributed by atoms with Crippen molar-refractivity contribution >= 4 is 28.4 Å². The van der Waals surface area contributed by atoms with Crippen LogP contribution in [-0.4, -0.2) is 16.0 Å². The van der Waals surface area contributed by atoms with E-state index in [0.29, 0.717) is 23.0 Å². The van der Waals surface area contributed by atoms with Gasteiger partial charge in [0.05, 0.1) is 5.69 Å². The third kappa shape index (κ3) is 2.15. The van der Waals surface area contributed by atoms with E-state index in [4.69, 9.17) is 10.3 Å². The van der Waals surface area contributed by atoms with Crippen molar-refractivity contribution in [2.45, 2.75) is 6.92 Å². The minimum atomic E-state index is -0.286. The quantitative estimate of drug-likeness (QED) is 0.613. The minimum absolute atomic E-state index is 0.286. The fourth-order valence-electron chi connectivity index (χ4n) is 1.88. The molecule has 0 saturated heterocycles. The number of nitrogen functional groups attached to an aromatic ring is 1. The highest BCUT2D eigenvalue weighted by atomic mass is 16.5. The van der Waals surface area contributed by atoms with E-state index in [2.05, 4.69) is 15.5 Å². The number of benzene rings is 1. The number of hydrogen-bond donors (Lipinski definition) is 3. The monoisotopic (exact) mass is 256 g/mol. The van der Waals surface area contributed by atoms with Crippen LogP contribution in [0, 0.1) is 6.92 Å². The van der Waals surface area contributed by atoms with E-state index < -0.39 is 0 Å². The number of rotatable bonds is 2. The number of carbonyl (C=O) groups is 1. The molecule has 19 heavy (non-hydrogen) atoms. The topological polar surface area (TPSA) is 96.9 Å². The summed E-state index contributed by atoms with van der Waals surface area (Å²) in [4.78, 5) is 15.0. The van der Waals surface area contributed by atoms with Gasteiger partial charge in [-0.3, -0.25) is 10.1 Å². The number of carbonyl (C=O) groups excluding carboxylic acids is 1. The number of aromatic amines is 1. The van der Waals surface area contributed by atoms with E-state index in [1.54, 1.807) is 31.2 Å². The zero-order valence-electron chi connectivity index (χ0n) is 10.2. The first-order valence-corrected chi connectivity index (χ1v) is 5.75. The SMILES string of the molecule is Cc1cc(NC(=O)c2cc3cc(N)ccc3[nH]2)on1. The number of amides is 1. The number of aromatic nitrogens is 2.